The summed E-state index contributed by atoms with van der Waals surface area (Å²) < 4.78 is 21.4. The predicted molar refractivity (Wildman–Crippen MR) is 147 cm³/mol. The van der Waals surface area contributed by atoms with Crippen LogP contribution in [0.4, 0.5) is 0 Å². The molecule has 0 radical (unpaired) electrons. The molecule has 0 atom stereocenters. The smallest absolute Gasteiger partial charge is 0.345 e. The van der Waals surface area contributed by atoms with Gasteiger partial charge in [-0.1, -0.05) is 23.2 Å². The Bertz CT molecular complexity index is 1400. The van der Waals surface area contributed by atoms with Gasteiger partial charge in [-0.05, 0) is 67.1 Å². The highest BCUT2D eigenvalue weighted by Gasteiger charge is 2.16. The van der Waals surface area contributed by atoms with Gasteiger partial charge in [0.1, 0.15) is 0 Å². The van der Waals surface area contributed by atoms with Crippen molar-refractivity contribution in [3.63, 3.8) is 0 Å². The highest BCUT2D eigenvalue weighted by molar-refractivity contribution is 6.36. The summed E-state index contributed by atoms with van der Waals surface area (Å²) in [4.78, 5) is 37.1. The van der Waals surface area contributed by atoms with Crippen molar-refractivity contribution in [3.8, 4) is 23.0 Å². The third kappa shape index (κ3) is 8.10. The topological polar surface area (TPSA) is 125 Å². The molecular formula is C27H25Cl2N3O7. The molecule has 0 unspecified atom stereocenters. The monoisotopic (exact) mass is 573 g/mol. The molecule has 3 aromatic carbocycles. The lowest BCUT2D eigenvalue weighted by Crippen LogP contribution is -2.34. The number of ether oxygens (including phenoxy) is 4. The van der Waals surface area contributed by atoms with E-state index in [1.165, 1.54) is 50.8 Å². The van der Waals surface area contributed by atoms with Crippen molar-refractivity contribution in [2.24, 2.45) is 5.10 Å². The highest BCUT2D eigenvalue weighted by Crippen LogP contribution is 2.30. The van der Waals surface area contributed by atoms with E-state index in [0.29, 0.717) is 34.3 Å². The van der Waals surface area contributed by atoms with Gasteiger partial charge < -0.3 is 24.3 Å². The van der Waals surface area contributed by atoms with Crippen LogP contribution in [0, 0.1) is 0 Å². The summed E-state index contributed by atoms with van der Waals surface area (Å²) in [5.41, 5.74) is 3.33. The zero-order valence-corrected chi connectivity index (χ0v) is 22.8. The number of benzene rings is 3. The fourth-order valence-corrected chi connectivity index (χ4v) is 3.71. The Balaban J connectivity index is 1.58. The Hall–Kier alpha value is -4.28. The molecule has 3 aromatic rings. The van der Waals surface area contributed by atoms with Gasteiger partial charge in [0.2, 0.25) is 0 Å². The highest BCUT2D eigenvalue weighted by atomic mass is 35.5. The first kappa shape index (κ1) is 29.3. The first-order valence-corrected chi connectivity index (χ1v) is 12.3. The first-order valence-electron chi connectivity index (χ1n) is 11.5. The molecular weight excluding hydrogens is 549 g/mol. The molecule has 0 spiro atoms. The lowest BCUT2D eigenvalue weighted by molar-refractivity contribution is -0.120. The van der Waals surface area contributed by atoms with Crippen molar-refractivity contribution in [2.45, 2.75) is 6.92 Å². The minimum absolute atomic E-state index is 0.148. The summed E-state index contributed by atoms with van der Waals surface area (Å²) in [6.45, 7) is 1.78. The SMILES string of the molecule is CCOc1cc(C=NNC(=O)CNC(=O)c2ccc(OC)c(OC)c2)ccc1OC(=O)c1ccc(Cl)cc1Cl. The number of methoxy groups -OCH3 is 2. The van der Waals surface area contributed by atoms with Gasteiger partial charge in [0.25, 0.3) is 11.8 Å². The second kappa shape index (κ2) is 14.0. The molecule has 10 nitrogen and oxygen atoms in total. The lowest BCUT2D eigenvalue weighted by Gasteiger charge is -2.12. The van der Waals surface area contributed by atoms with Gasteiger partial charge in [-0.25, -0.2) is 10.2 Å². The van der Waals surface area contributed by atoms with E-state index in [4.69, 9.17) is 42.1 Å². The molecule has 3 rings (SSSR count). The normalized spacial score (nSPS) is 10.6. The van der Waals surface area contributed by atoms with Crippen LogP contribution in [0.1, 0.15) is 33.2 Å². The Labute approximate surface area is 234 Å². The van der Waals surface area contributed by atoms with Crippen LogP contribution >= 0.6 is 23.2 Å². The number of nitrogens with one attached hydrogen (secondary N) is 2. The van der Waals surface area contributed by atoms with Gasteiger partial charge in [0.05, 0.1) is 44.2 Å². The van der Waals surface area contributed by atoms with E-state index < -0.39 is 17.8 Å². The van der Waals surface area contributed by atoms with Crippen molar-refractivity contribution in [2.75, 3.05) is 27.4 Å². The standard InChI is InChI=1S/C27H25Cl2N3O7/c1-4-38-24-11-16(5-9-22(24)39-27(35)19-8-7-18(28)13-20(19)29)14-31-32-25(33)15-30-26(34)17-6-10-21(36-2)23(12-17)37-3/h5-14H,4,15H2,1-3H3,(H,30,34)(H,32,33). The van der Waals surface area contributed by atoms with Crippen LogP contribution in [0.5, 0.6) is 23.0 Å². The molecule has 2 N–H and O–H groups in total. The minimum Gasteiger partial charge on any atom is -0.493 e. The zero-order chi connectivity index (χ0) is 28.4. The van der Waals surface area contributed by atoms with E-state index in [9.17, 15) is 14.4 Å². The van der Waals surface area contributed by atoms with E-state index in [1.54, 1.807) is 31.2 Å². The first-order chi connectivity index (χ1) is 18.7. The van der Waals surface area contributed by atoms with Crippen LogP contribution in [0.25, 0.3) is 0 Å². The summed E-state index contributed by atoms with van der Waals surface area (Å²) in [6.07, 6.45) is 1.37. The van der Waals surface area contributed by atoms with Crippen molar-refractivity contribution >= 4 is 47.2 Å². The Morgan fingerprint density at radius 1 is 0.897 bits per heavy atom. The molecule has 0 aliphatic carbocycles. The molecule has 0 saturated heterocycles. The van der Waals surface area contributed by atoms with Gasteiger partial charge in [0.15, 0.2) is 23.0 Å². The van der Waals surface area contributed by atoms with Gasteiger partial charge in [-0.15, -0.1) is 0 Å². The van der Waals surface area contributed by atoms with Gasteiger partial charge in [-0.2, -0.15) is 5.10 Å². The van der Waals surface area contributed by atoms with Crippen LogP contribution in [-0.2, 0) is 4.79 Å². The number of esters is 1. The lowest BCUT2D eigenvalue weighted by atomic mass is 10.2. The van der Waals surface area contributed by atoms with E-state index in [0.717, 1.165) is 0 Å². The van der Waals surface area contributed by atoms with Crippen molar-refractivity contribution < 1.29 is 33.3 Å². The summed E-state index contributed by atoms with van der Waals surface area (Å²) in [5.74, 6) is -0.371. The molecule has 2 amide bonds. The number of carbonyl (C=O) groups is 3. The van der Waals surface area contributed by atoms with E-state index in [2.05, 4.69) is 15.8 Å². The number of amides is 2. The predicted octanol–water partition coefficient (Wildman–Crippen LogP) is 4.51. The number of hydrogen-bond donors (Lipinski definition) is 2. The molecule has 0 saturated carbocycles. The van der Waals surface area contributed by atoms with Crippen molar-refractivity contribution in [1.29, 1.82) is 0 Å². The van der Waals surface area contributed by atoms with E-state index >= 15 is 0 Å². The van der Waals surface area contributed by atoms with Crippen LogP contribution in [0.2, 0.25) is 10.0 Å². The molecule has 12 heteroatoms. The summed E-state index contributed by atoms with van der Waals surface area (Å²) in [5, 5.41) is 6.95. The second-order valence-corrected chi connectivity index (χ2v) is 8.54. The average Bonchev–Trinajstić information content (AvgIpc) is 2.92. The number of halogens is 2. The molecule has 0 fully saturated rings. The van der Waals surface area contributed by atoms with Crippen LogP contribution in [0.15, 0.2) is 59.7 Å². The molecule has 0 bridgehead atoms. The van der Waals surface area contributed by atoms with Crippen molar-refractivity contribution in [1.82, 2.24) is 10.7 Å². The largest absolute Gasteiger partial charge is 0.493 e. The Kier molecular flexibility index (Phi) is 10.5. The second-order valence-electron chi connectivity index (χ2n) is 7.70. The maximum Gasteiger partial charge on any atom is 0.345 e. The summed E-state index contributed by atoms with van der Waals surface area (Å²) in [6, 6.07) is 13.8. The molecule has 0 aromatic heterocycles. The number of hydrazone groups is 1. The Morgan fingerprint density at radius 3 is 2.33 bits per heavy atom. The van der Waals surface area contributed by atoms with Crippen LogP contribution in [0.3, 0.4) is 0 Å². The minimum atomic E-state index is -0.679. The van der Waals surface area contributed by atoms with Gasteiger partial charge in [-0.3, -0.25) is 9.59 Å². The van der Waals surface area contributed by atoms with Crippen LogP contribution in [-0.4, -0.2) is 51.4 Å². The fourth-order valence-electron chi connectivity index (χ4n) is 3.23. The third-order valence-corrected chi connectivity index (χ3v) is 5.63. The van der Waals surface area contributed by atoms with Gasteiger partial charge in [0, 0.05) is 10.6 Å². The summed E-state index contributed by atoms with van der Waals surface area (Å²) >= 11 is 12.0. The average molecular weight is 574 g/mol. The van der Waals surface area contributed by atoms with Crippen LogP contribution < -0.4 is 29.7 Å². The number of carbonyl (C=O) groups excluding carboxylic acids is 3. The van der Waals surface area contributed by atoms with E-state index in [1.807, 2.05) is 0 Å². The van der Waals surface area contributed by atoms with E-state index in [-0.39, 0.29) is 28.6 Å². The number of nitrogens with zero attached hydrogens (tertiary/aromatic N) is 1. The fraction of sp³-hybridized carbons (Fsp3) is 0.185. The number of rotatable bonds is 11. The summed E-state index contributed by atoms with van der Waals surface area (Å²) in [7, 11) is 2.95. The molecule has 0 heterocycles. The zero-order valence-electron chi connectivity index (χ0n) is 21.2. The molecule has 0 aliphatic rings. The quantitative estimate of drug-likeness (QED) is 0.150. The number of hydrogen-bond acceptors (Lipinski definition) is 8. The maximum absolute atomic E-state index is 12.6. The van der Waals surface area contributed by atoms with Gasteiger partial charge >= 0.3 is 5.97 Å². The molecule has 39 heavy (non-hydrogen) atoms. The maximum atomic E-state index is 12.6. The third-order valence-electron chi connectivity index (χ3n) is 5.08. The molecule has 0 aliphatic heterocycles. The van der Waals surface area contributed by atoms with Crippen molar-refractivity contribution in [3.05, 3.63) is 81.3 Å². The Morgan fingerprint density at radius 2 is 1.64 bits per heavy atom. The molecule has 204 valence electrons.